The van der Waals surface area contributed by atoms with Crippen molar-refractivity contribution < 1.29 is 13.5 Å². The number of halogens is 2. The summed E-state index contributed by atoms with van der Waals surface area (Å²) in [4.78, 5) is 0. The first kappa shape index (κ1) is 16.9. The largest absolute Gasteiger partial charge is 0.384 e. The highest BCUT2D eigenvalue weighted by Crippen LogP contribution is 2.44. The molecule has 0 N–H and O–H groups in total. The minimum Gasteiger partial charge on any atom is -0.384 e. The van der Waals surface area contributed by atoms with Gasteiger partial charge in [0.15, 0.2) is 0 Å². The Balaban J connectivity index is 1.51. The van der Waals surface area contributed by atoms with Gasteiger partial charge in [-0.3, -0.25) is 0 Å². The van der Waals surface area contributed by atoms with Gasteiger partial charge in [0.1, 0.15) is 11.6 Å². The van der Waals surface area contributed by atoms with E-state index in [0.29, 0.717) is 5.92 Å². The van der Waals surface area contributed by atoms with Gasteiger partial charge in [-0.05, 0) is 92.7 Å². The Kier molecular flexibility index (Phi) is 5.68. The molecule has 0 heterocycles. The second kappa shape index (κ2) is 7.74. The molecule has 0 aliphatic heterocycles. The average Bonchev–Trinajstić information content (AvgIpc) is 2.55. The molecule has 0 spiro atoms. The lowest BCUT2D eigenvalue weighted by Gasteiger charge is -2.38. The SMILES string of the molecule is COC[C@H]1CC[C@H](C2CCC(c3cc(F)cc(F)c3)CC2)CC1. The van der Waals surface area contributed by atoms with E-state index in [4.69, 9.17) is 4.74 Å². The van der Waals surface area contributed by atoms with Crippen LogP contribution in [0.5, 0.6) is 0 Å². The standard InChI is InChI=1S/C20H28F2O/c1-23-13-14-2-4-15(5-3-14)16-6-8-17(9-7-16)18-10-19(21)12-20(22)11-18/h10-12,14-17H,2-9,13H2,1H3/t14-,15-,16?,17?. The van der Waals surface area contributed by atoms with Gasteiger partial charge in [-0.25, -0.2) is 8.78 Å². The molecule has 2 saturated carbocycles. The van der Waals surface area contributed by atoms with Crippen LogP contribution in [0.2, 0.25) is 0 Å². The fourth-order valence-electron chi connectivity index (χ4n) is 4.80. The molecule has 0 amide bonds. The summed E-state index contributed by atoms with van der Waals surface area (Å²) >= 11 is 0. The molecule has 2 fully saturated rings. The normalized spacial score (nSPS) is 32.0. The van der Waals surface area contributed by atoms with Crippen molar-refractivity contribution in [2.24, 2.45) is 17.8 Å². The average molecular weight is 322 g/mol. The van der Waals surface area contributed by atoms with Crippen LogP contribution >= 0.6 is 0 Å². The molecule has 0 radical (unpaired) electrons. The third-order valence-electron chi connectivity index (χ3n) is 6.09. The van der Waals surface area contributed by atoms with Crippen LogP contribution in [0, 0.1) is 29.4 Å². The summed E-state index contributed by atoms with van der Waals surface area (Å²) in [6.07, 6.45) is 9.83. The van der Waals surface area contributed by atoms with Gasteiger partial charge in [-0.1, -0.05) is 0 Å². The van der Waals surface area contributed by atoms with Crippen LogP contribution < -0.4 is 0 Å². The van der Waals surface area contributed by atoms with Crippen molar-refractivity contribution >= 4 is 0 Å². The van der Waals surface area contributed by atoms with Gasteiger partial charge in [0, 0.05) is 19.8 Å². The zero-order valence-electron chi connectivity index (χ0n) is 14.1. The van der Waals surface area contributed by atoms with Gasteiger partial charge in [0.25, 0.3) is 0 Å². The van der Waals surface area contributed by atoms with E-state index in [9.17, 15) is 8.78 Å². The number of hydrogen-bond donors (Lipinski definition) is 0. The quantitative estimate of drug-likeness (QED) is 0.692. The van der Waals surface area contributed by atoms with Gasteiger partial charge in [0.2, 0.25) is 0 Å². The van der Waals surface area contributed by atoms with Crippen LogP contribution in [-0.4, -0.2) is 13.7 Å². The molecular weight excluding hydrogens is 294 g/mol. The maximum absolute atomic E-state index is 13.4. The van der Waals surface area contributed by atoms with E-state index >= 15 is 0 Å². The van der Waals surface area contributed by atoms with Crippen molar-refractivity contribution in [1.82, 2.24) is 0 Å². The summed E-state index contributed by atoms with van der Waals surface area (Å²) in [5, 5.41) is 0. The summed E-state index contributed by atoms with van der Waals surface area (Å²) in [6.45, 7) is 0.907. The van der Waals surface area contributed by atoms with E-state index in [0.717, 1.165) is 48.8 Å². The summed E-state index contributed by atoms with van der Waals surface area (Å²) in [5.41, 5.74) is 0.852. The maximum atomic E-state index is 13.4. The van der Waals surface area contributed by atoms with E-state index in [-0.39, 0.29) is 0 Å². The van der Waals surface area contributed by atoms with Crippen molar-refractivity contribution in [1.29, 1.82) is 0 Å². The molecule has 0 bridgehead atoms. The summed E-state index contributed by atoms with van der Waals surface area (Å²) in [6, 6.07) is 4.00. The lowest BCUT2D eigenvalue weighted by Crippen LogP contribution is -2.26. The summed E-state index contributed by atoms with van der Waals surface area (Å²) in [7, 11) is 1.79. The molecular formula is C20H28F2O. The Morgan fingerprint density at radius 1 is 0.826 bits per heavy atom. The van der Waals surface area contributed by atoms with Gasteiger partial charge >= 0.3 is 0 Å². The zero-order chi connectivity index (χ0) is 16.2. The van der Waals surface area contributed by atoms with Crippen LogP contribution in [0.1, 0.15) is 62.8 Å². The predicted octanol–water partition coefficient (Wildman–Crippen LogP) is 5.69. The Labute approximate surface area is 138 Å². The highest BCUT2D eigenvalue weighted by atomic mass is 19.1. The van der Waals surface area contributed by atoms with E-state index in [2.05, 4.69) is 0 Å². The molecule has 0 atom stereocenters. The van der Waals surface area contributed by atoms with Crippen molar-refractivity contribution in [3.05, 3.63) is 35.4 Å². The number of benzene rings is 1. The monoisotopic (exact) mass is 322 g/mol. The van der Waals surface area contributed by atoms with Gasteiger partial charge in [-0.2, -0.15) is 0 Å². The van der Waals surface area contributed by atoms with Crippen molar-refractivity contribution in [3.8, 4) is 0 Å². The zero-order valence-corrected chi connectivity index (χ0v) is 14.1. The maximum Gasteiger partial charge on any atom is 0.126 e. The first-order chi connectivity index (χ1) is 11.2. The highest BCUT2D eigenvalue weighted by Gasteiger charge is 2.31. The number of hydrogen-bond acceptors (Lipinski definition) is 1. The number of rotatable bonds is 4. The van der Waals surface area contributed by atoms with Crippen molar-refractivity contribution in [2.45, 2.75) is 57.3 Å². The van der Waals surface area contributed by atoms with Crippen molar-refractivity contribution in [3.63, 3.8) is 0 Å². The molecule has 128 valence electrons. The van der Waals surface area contributed by atoms with Crippen molar-refractivity contribution in [2.75, 3.05) is 13.7 Å². The first-order valence-electron chi connectivity index (χ1n) is 9.10. The molecule has 2 aliphatic rings. The third kappa shape index (κ3) is 4.32. The number of ether oxygens (including phenoxy) is 1. The van der Waals surface area contributed by atoms with Crippen LogP contribution in [-0.2, 0) is 4.74 Å². The Morgan fingerprint density at radius 2 is 1.35 bits per heavy atom. The smallest absolute Gasteiger partial charge is 0.126 e. The van der Waals surface area contributed by atoms with Crippen LogP contribution in [0.4, 0.5) is 8.78 Å². The Bertz CT molecular complexity index is 480. The van der Waals surface area contributed by atoms with E-state index in [1.165, 1.54) is 50.7 Å². The molecule has 3 rings (SSSR count). The molecule has 0 saturated heterocycles. The molecule has 1 aromatic carbocycles. The lowest BCUT2D eigenvalue weighted by atomic mass is 9.68. The second-order valence-electron chi connectivity index (χ2n) is 7.55. The van der Waals surface area contributed by atoms with Crippen LogP contribution in [0.3, 0.4) is 0 Å². The minimum atomic E-state index is -0.446. The molecule has 1 nitrogen and oxygen atoms in total. The Morgan fingerprint density at radius 3 is 1.87 bits per heavy atom. The van der Waals surface area contributed by atoms with Gasteiger partial charge in [0.05, 0.1) is 0 Å². The number of methoxy groups -OCH3 is 1. The van der Waals surface area contributed by atoms with E-state index in [1.807, 2.05) is 0 Å². The molecule has 3 heteroatoms. The summed E-state index contributed by atoms with van der Waals surface area (Å²) < 4.78 is 32.1. The first-order valence-corrected chi connectivity index (χ1v) is 9.10. The molecule has 2 aliphatic carbocycles. The van der Waals surface area contributed by atoms with Crippen LogP contribution in [0.15, 0.2) is 18.2 Å². The molecule has 0 unspecified atom stereocenters. The highest BCUT2D eigenvalue weighted by molar-refractivity contribution is 5.22. The molecule has 23 heavy (non-hydrogen) atoms. The van der Waals surface area contributed by atoms with Gasteiger partial charge < -0.3 is 4.74 Å². The molecule has 0 aromatic heterocycles. The fourth-order valence-corrected chi connectivity index (χ4v) is 4.80. The van der Waals surface area contributed by atoms with Gasteiger partial charge in [-0.15, -0.1) is 0 Å². The third-order valence-corrected chi connectivity index (χ3v) is 6.09. The fraction of sp³-hybridized carbons (Fsp3) is 0.700. The van der Waals surface area contributed by atoms with E-state index < -0.39 is 11.6 Å². The minimum absolute atomic E-state index is 0.335. The van der Waals surface area contributed by atoms with E-state index in [1.54, 1.807) is 7.11 Å². The Hall–Kier alpha value is -0.960. The predicted molar refractivity (Wildman–Crippen MR) is 88.4 cm³/mol. The summed E-state index contributed by atoms with van der Waals surface area (Å²) in [5.74, 6) is 1.86. The molecule has 1 aromatic rings. The second-order valence-corrected chi connectivity index (χ2v) is 7.55. The van der Waals surface area contributed by atoms with Crippen LogP contribution in [0.25, 0.3) is 0 Å². The lowest BCUT2D eigenvalue weighted by molar-refractivity contribution is 0.0968. The topological polar surface area (TPSA) is 9.23 Å².